The van der Waals surface area contributed by atoms with E-state index in [2.05, 4.69) is 15.0 Å². The third kappa shape index (κ3) is 2.78. The fourth-order valence-electron chi connectivity index (χ4n) is 1.72. The Balaban J connectivity index is 2.63. The lowest BCUT2D eigenvalue weighted by Crippen LogP contribution is -2.19. The molecule has 2 heterocycles. The van der Waals surface area contributed by atoms with E-state index in [1.165, 1.54) is 13.3 Å². The number of aromatic nitrogens is 3. The van der Waals surface area contributed by atoms with Crippen molar-refractivity contribution >= 4 is 17.1 Å². The predicted molar refractivity (Wildman–Crippen MR) is 73.8 cm³/mol. The van der Waals surface area contributed by atoms with Gasteiger partial charge in [-0.25, -0.2) is 9.78 Å². The Morgan fingerprint density at radius 1 is 1.24 bits per heavy atom. The van der Waals surface area contributed by atoms with Gasteiger partial charge in [-0.15, -0.1) is 0 Å². The number of nitrogens with one attached hydrogen (secondary N) is 1. The van der Waals surface area contributed by atoms with E-state index in [1.54, 1.807) is 13.8 Å². The smallest absolute Gasteiger partial charge is 0.343 e. The number of ether oxygens (including phenoxy) is 3. The number of carbonyl (C=O) groups excluding carboxylic acids is 1. The first kappa shape index (κ1) is 14.8. The molecular weight excluding hydrogens is 278 g/mol. The normalized spacial score (nSPS) is 10.4. The van der Waals surface area contributed by atoms with Crippen LogP contribution >= 0.6 is 0 Å². The van der Waals surface area contributed by atoms with Gasteiger partial charge in [0.25, 0.3) is 11.8 Å². The van der Waals surface area contributed by atoms with Crippen LogP contribution in [0, 0.1) is 0 Å². The molecule has 0 amide bonds. The van der Waals surface area contributed by atoms with E-state index in [4.69, 9.17) is 14.2 Å². The third-order valence-electron chi connectivity index (χ3n) is 2.62. The number of fused-ring (bicyclic) bond motifs is 1. The fourth-order valence-corrected chi connectivity index (χ4v) is 1.72. The second kappa shape index (κ2) is 6.21. The van der Waals surface area contributed by atoms with E-state index < -0.39 is 11.4 Å². The average Bonchev–Trinajstić information content (AvgIpc) is 2.48. The van der Waals surface area contributed by atoms with Crippen molar-refractivity contribution in [1.82, 2.24) is 15.0 Å². The molecule has 0 saturated carbocycles. The maximum atomic E-state index is 12.3. The quantitative estimate of drug-likeness (QED) is 0.817. The van der Waals surface area contributed by atoms with E-state index in [-0.39, 0.29) is 35.1 Å². The molecule has 0 atom stereocenters. The van der Waals surface area contributed by atoms with E-state index in [1.807, 2.05) is 0 Å². The van der Waals surface area contributed by atoms with Crippen LogP contribution in [0.5, 0.6) is 11.8 Å². The predicted octanol–water partition coefficient (Wildman–Crippen LogP) is 0.902. The first-order valence-electron chi connectivity index (χ1n) is 6.39. The molecule has 0 aliphatic rings. The summed E-state index contributed by atoms with van der Waals surface area (Å²) in [5.74, 6) is -0.459. The number of nitrogens with zero attached hydrogens (tertiary/aromatic N) is 2. The van der Waals surface area contributed by atoms with Gasteiger partial charge in [0, 0.05) is 6.20 Å². The molecule has 0 aliphatic carbocycles. The summed E-state index contributed by atoms with van der Waals surface area (Å²) in [5, 5.41) is 0. The van der Waals surface area contributed by atoms with Gasteiger partial charge in [-0.05, 0) is 13.8 Å². The standard InChI is InChI=1S/C13H15N3O5/c1-4-20-12-11(19-3)16-10-8(15-12)9(17)7(6-14-10)13(18)21-5-2/h6H,4-5H2,1-3H3,(H,14,16,17). The Morgan fingerprint density at radius 2 is 2.00 bits per heavy atom. The lowest BCUT2D eigenvalue weighted by Gasteiger charge is -2.08. The van der Waals surface area contributed by atoms with Gasteiger partial charge in [-0.2, -0.15) is 4.98 Å². The van der Waals surface area contributed by atoms with Crippen LogP contribution < -0.4 is 14.9 Å². The van der Waals surface area contributed by atoms with E-state index >= 15 is 0 Å². The molecule has 0 radical (unpaired) electrons. The highest BCUT2D eigenvalue weighted by Gasteiger charge is 2.18. The monoisotopic (exact) mass is 293 g/mol. The molecule has 1 N–H and O–H groups in total. The fraction of sp³-hybridized carbons (Fsp3) is 0.385. The Bertz CT molecular complexity index is 726. The zero-order valence-electron chi connectivity index (χ0n) is 11.9. The molecule has 8 nitrogen and oxygen atoms in total. The minimum atomic E-state index is -0.712. The van der Waals surface area contributed by atoms with Crippen molar-refractivity contribution in [2.75, 3.05) is 20.3 Å². The van der Waals surface area contributed by atoms with Gasteiger partial charge in [0.2, 0.25) is 5.43 Å². The highest BCUT2D eigenvalue weighted by molar-refractivity contribution is 5.92. The number of methoxy groups -OCH3 is 1. The maximum absolute atomic E-state index is 12.3. The number of H-pyrrole nitrogens is 1. The summed E-state index contributed by atoms with van der Waals surface area (Å²) in [4.78, 5) is 34.9. The van der Waals surface area contributed by atoms with Crippen molar-refractivity contribution in [1.29, 1.82) is 0 Å². The van der Waals surface area contributed by atoms with Crippen molar-refractivity contribution in [3.05, 3.63) is 22.0 Å². The Morgan fingerprint density at radius 3 is 2.62 bits per heavy atom. The summed E-state index contributed by atoms with van der Waals surface area (Å²) in [6.45, 7) is 3.94. The molecule has 0 bridgehead atoms. The van der Waals surface area contributed by atoms with E-state index in [0.717, 1.165) is 0 Å². The minimum absolute atomic E-state index is 0.00944. The van der Waals surface area contributed by atoms with Crippen LogP contribution in [0.1, 0.15) is 24.2 Å². The molecule has 2 rings (SSSR count). The molecule has 0 aliphatic heterocycles. The lowest BCUT2D eigenvalue weighted by molar-refractivity contribution is 0.0524. The van der Waals surface area contributed by atoms with Gasteiger partial charge in [-0.1, -0.05) is 0 Å². The van der Waals surface area contributed by atoms with Crippen LogP contribution in [0.15, 0.2) is 11.0 Å². The van der Waals surface area contributed by atoms with Gasteiger partial charge in [0.15, 0.2) is 11.2 Å². The van der Waals surface area contributed by atoms with Gasteiger partial charge < -0.3 is 19.2 Å². The first-order chi connectivity index (χ1) is 10.1. The molecule has 112 valence electrons. The van der Waals surface area contributed by atoms with Gasteiger partial charge in [0.1, 0.15) is 5.56 Å². The van der Waals surface area contributed by atoms with Crippen molar-refractivity contribution in [3.63, 3.8) is 0 Å². The summed E-state index contributed by atoms with van der Waals surface area (Å²) in [6.07, 6.45) is 1.25. The molecule has 21 heavy (non-hydrogen) atoms. The molecule has 2 aromatic heterocycles. The van der Waals surface area contributed by atoms with E-state index in [0.29, 0.717) is 6.61 Å². The second-order valence-electron chi connectivity index (χ2n) is 3.92. The van der Waals surface area contributed by atoms with Gasteiger partial charge in [0.05, 0.1) is 20.3 Å². The topological polar surface area (TPSA) is 103 Å². The first-order valence-corrected chi connectivity index (χ1v) is 6.39. The summed E-state index contributed by atoms with van der Waals surface area (Å²) in [7, 11) is 1.42. The van der Waals surface area contributed by atoms with Crippen molar-refractivity contribution in [2.24, 2.45) is 0 Å². The van der Waals surface area contributed by atoms with Crippen LogP contribution in [-0.4, -0.2) is 41.2 Å². The maximum Gasteiger partial charge on any atom is 0.343 e. The summed E-state index contributed by atoms with van der Waals surface area (Å²) >= 11 is 0. The van der Waals surface area contributed by atoms with Crippen LogP contribution in [0.2, 0.25) is 0 Å². The van der Waals surface area contributed by atoms with Crippen molar-refractivity contribution in [3.8, 4) is 11.8 Å². The number of pyridine rings is 1. The highest BCUT2D eigenvalue weighted by Crippen LogP contribution is 2.23. The third-order valence-corrected chi connectivity index (χ3v) is 2.62. The molecule has 0 saturated heterocycles. The number of hydrogen-bond acceptors (Lipinski definition) is 7. The largest absolute Gasteiger partial charge is 0.477 e. The lowest BCUT2D eigenvalue weighted by atomic mass is 10.2. The number of rotatable bonds is 5. The molecule has 0 spiro atoms. The van der Waals surface area contributed by atoms with E-state index in [9.17, 15) is 9.59 Å². The van der Waals surface area contributed by atoms with Gasteiger partial charge >= 0.3 is 5.97 Å². The molecule has 0 aromatic carbocycles. The summed E-state index contributed by atoms with van der Waals surface area (Å²) in [5.41, 5.74) is -0.511. The minimum Gasteiger partial charge on any atom is -0.477 e. The van der Waals surface area contributed by atoms with Crippen molar-refractivity contribution < 1.29 is 19.0 Å². The van der Waals surface area contributed by atoms with Gasteiger partial charge in [-0.3, -0.25) is 4.79 Å². The second-order valence-corrected chi connectivity index (χ2v) is 3.92. The Labute approximate surface area is 120 Å². The number of hydrogen-bond donors (Lipinski definition) is 1. The number of carbonyl (C=O) groups is 1. The summed E-state index contributed by atoms with van der Waals surface area (Å²) in [6, 6.07) is 0. The molecule has 8 heteroatoms. The van der Waals surface area contributed by atoms with Crippen LogP contribution in [-0.2, 0) is 4.74 Å². The van der Waals surface area contributed by atoms with Crippen LogP contribution in [0.25, 0.3) is 11.2 Å². The molecule has 0 fully saturated rings. The zero-order chi connectivity index (χ0) is 15.4. The number of esters is 1. The van der Waals surface area contributed by atoms with Crippen LogP contribution in [0.3, 0.4) is 0 Å². The summed E-state index contributed by atoms with van der Waals surface area (Å²) < 4.78 is 15.1. The molecular formula is C13H15N3O5. The number of aromatic amines is 1. The Kier molecular flexibility index (Phi) is 4.36. The molecule has 0 unspecified atom stereocenters. The average molecular weight is 293 g/mol. The van der Waals surface area contributed by atoms with Crippen molar-refractivity contribution in [2.45, 2.75) is 13.8 Å². The Hall–Kier alpha value is -2.64. The van der Waals surface area contributed by atoms with Crippen LogP contribution in [0.4, 0.5) is 0 Å². The highest BCUT2D eigenvalue weighted by atomic mass is 16.5. The molecule has 2 aromatic rings. The SMILES string of the molecule is CCOC(=O)c1c[nH]c2nc(OC)c(OCC)nc2c1=O. The zero-order valence-corrected chi connectivity index (χ0v) is 11.9.